The molecule has 0 saturated carbocycles. The van der Waals surface area contributed by atoms with Crippen molar-refractivity contribution in [2.75, 3.05) is 0 Å². The summed E-state index contributed by atoms with van der Waals surface area (Å²) in [5.74, 6) is 0. The van der Waals surface area contributed by atoms with Crippen LogP contribution in [0.4, 0.5) is 4.79 Å². The minimum atomic E-state index is -0.820. The van der Waals surface area contributed by atoms with E-state index in [4.69, 9.17) is 4.74 Å². The predicted molar refractivity (Wildman–Crippen MR) is 86.8 cm³/mol. The van der Waals surface area contributed by atoms with Crippen LogP contribution in [0.5, 0.6) is 0 Å². The van der Waals surface area contributed by atoms with Gasteiger partial charge in [0.25, 0.3) is 0 Å². The Labute approximate surface area is 135 Å². The van der Waals surface area contributed by atoms with E-state index >= 15 is 0 Å². The van der Waals surface area contributed by atoms with E-state index < -0.39 is 17.7 Å². The first-order valence-corrected chi connectivity index (χ1v) is 7.34. The molecule has 1 heterocycles. The van der Waals surface area contributed by atoms with E-state index in [1.807, 2.05) is 30.3 Å². The Bertz CT molecular complexity index is 687. The lowest BCUT2D eigenvalue weighted by Gasteiger charge is -2.21. The topological polar surface area (TPSA) is 73.2 Å². The number of aromatic nitrogens is 2. The van der Waals surface area contributed by atoms with Crippen molar-refractivity contribution in [3.63, 3.8) is 0 Å². The molecule has 0 aliphatic rings. The fourth-order valence-electron chi connectivity index (χ4n) is 2.13. The van der Waals surface area contributed by atoms with Crippen molar-refractivity contribution in [1.29, 1.82) is 0 Å². The lowest BCUT2D eigenvalue weighted by Crippen LogP contribution is -2.36. The smallest absolute Gasteiger partial charge is 0.408 e. The van der Waals surface area contributed by atoms with Gasteiger partial charge in [-0.3, -0.25) is 4.68 Å². The zero-order valence-corrected chi connectivity index (χ0v) is 13.7. The van der Waals surface area contributed by atoms with Gasteiger partial charge in [-0.05, 0) is 26.8 Å². The number of aryl methyl sites for hydroxylation is 1. The molecule has 122 valence electrons. The summed E-state index contributed by atoms with van der Waals surface area (Å²) in [6.07, 6.45) is 0.0208. The van der Waals surface area contributed by atoms with Gasteiger partial charge in [-0.15, -0.1) is 0 Å². The average Bonchev–Trinajstić information content (AvgIpc) is 2.86. The monoisotopic (exact) mass is 315 g/mol. The van der Waals surface area contributed by atoms with Gasteiger partial charge in [0.15, 0.2) is 0 Å². The fourth-order valence-corrected chi connectivity index (χ4v) is 2.13. The molecule has 1 unspecified atom stereocenters. The molecule has 1 atom stereocenters. The SMILES string of the molecule is Cn1nc(-c2ccccc2)cc1C(C=O)NC(=O)OC(C)(C)C. The van der Waals surface area contributed by atoms with Gasteiger partial charge in [0.05, 0.1) is 11.4 Å². The first-order chi connectivity index (χ1) is 10.8. The highest BCUT2D eigenvalue weighted by Gasteiger charge is 2.23. The van der Waals surface area contributed by atoms with Gasteiger partial charge in [-0.1, -0.05) is 30.3 Å². The minimum Gasteiger partial charge on any atom is -0.444 e. The van der Waals surface area contributed by atoms with Crippen molar-refractivity contribution < 1.29 is 14.3 Å². The van der Waals surface area contributed by atoms with Crippen LogP contribution in [0.15, 0.2) is 36.4 Å². The van der Waals surface area contributed by atoms with Gasteiger partial charge in [0.1, 0.15) is 17.9 Å². The van der Waals surface area contributed by atoms with Gasteiger partial charge in [-0.25, -0.2) is 4.79 Å². The number of alkyl carbamates (subject to hydrolysis) is 1. The van der Waals surface area contributed by atoms with E-state index in [9.17, 15) is 9.59 Å². The lowest BCUT2D eigenvalue weighted by atomic mass is 10.1. The van der Waals surface area contributed by atoms with Crippen molar-refractivity contribution in [2.45, 2.75) is 32.4 Å². The third-order valence-corrected chi connectivity index (χ3v) is 3.11. The molecule has 0 aliphatic carbocycles. The molecule has 1 aromatic carbocycles. The van der Waals surface area contributed by atoms with Gasteiger partial charge in [0, 0.05) is 12.6 Å². The molecule has 23 heavy (non-hydrogen) atoms. The van der Waals surface area contributed by atoms with Crippen LogP contribution in [0.1, 0.15) is 32.5 Å². The molecule has 2 rings (SSSR count). The summed E-state index contributed by atoms with van der Waals surface area (Å²) in [7, 11) is 1.73. The predicted octanol–water partition coefficient (Wildman–Crippen LogP) is 2.85. The summed E-state index contributed by atoms with van der Waals surface area (Å²) in [6.45, 7) is 5.29. The Kier molecular flexibility index (Phi) is 4.83. The highest BCUT2D eigenvalue weighted by atomic mass is 16.6. The lowest BCUT2D eigenvalue weighted by molar-refractivity contribution is -0.109. The first kappa shape index (κ1) is 16.7. The maximum atomic E-state index is 11.9. The Balaban J connectivity index is 2.20. The molecule has 0 aliphatic heterocycles. The highest BCUT2D eigenvalue weighted by Crippen LogP contribution is 2.21. The number of amides is 1. The summed E-state index contributed by atoms with van der Waals surface area (Å²) < 4.78 is 6.77. The second kappa shape index (κ2) is 6.64. The summed E-state index contributed by atoms with van der Waals surface area (Å²) in [5.41, 5.74) is 1.64. The summed E-state index contributed by atoms with van der Waals surface area (Å²) >= 11 is 0. The highest BCUT2D eigenvalue weighted by molar-refractivity contribution is 5.75. The van der Waals surface area contributed by atoms with Crippen molar-refractivity contribution in [3.8, 4) is 11.3 Å². The molecule has 0 saturated heterocycles. The number of nitrogens with one attached hydrogen (secondary N) is 1. The third kappa shape index (κ3) is 4.42. The number of aldehydes is 1. The standard InChI is InChI=1S/C17H21N3O3/c1-17(2,3)23-16(22)18-14(11-21)15-10-13(19-20(15)4)12-8-6-5-7-9-12/h5-11,14H,1-4H3,(H,18,22). The number of ether oxygens (including phenoxy) is 1. The van der Waals surface area contributed by atoms with E-state index in [0.717, 1.165) is 11.3 Å². The zero-order chi connectivity index (χ0) is 17.0. The second-order valence-electron chi connectivity index (χ2n) is 6.20. The molecule has 6 heteroatoms. The maximum absolute atomic E-state index is 11.9. The largest absolute Gasteiger partial charge is 0.444 e. The van der Waals surface area contributed by atoms with Gasteiger partial charge in [-0.2, -0.15) is 5.10 Å². The quantitative estimate of drug-likeness (QED) is 0.881. The van der Waals surface area contributed by atoms with E-state index in [1.165, 1.54) is 0 Å². The summed E-state index contributed by atoms with van der Waals surface area (Å²) in [6, 6.07) is 10.6. The third-order valence-electron chi connectivity index (χ3n) is 3.11. The number of carbonyl (C=O) groups is 2. The maximum Gasteiger partial charge on any atom is 0.408 e. The molecule has 1 N–H and O–H groups in total. The molecule has 1 aromatic heterocycles. The Morgan fingerprint density at radius 2 is 1.96 bits per heavy atom. The van der Waals surface area contributed by atoms with E-state index in [2.05, 4.69) is 10.4 Å². The van der Waals surface area contributed by atoms with Crippen molar-refractivity contribution in [2.24, 2.45) is 7.05 Å². The molecule has 6 nitrogen and oxygen atoms in total. The minimum absolute atomic E-state index is 0.588. The van der Waals surface area contributed by atoms with Gasteiger partial charge >= 0.3 is 6.09 Å². The first-order valence-electron chi connectivity index (χ1n) is 7.34. The number of nitrogens with zero attached hydrogens (tertiary/aromatic N) is 2. The van der Waals surface area contributed by atoms with Crippen LogP contribution in [0.2, 0.25) is 0 Å². The van der Waals surface area contributed by atoms with E-state index in [1.54, 1.807) is 38.6 Å². The van der Waals surface area contributed by atoms with Crippen molar-refractivity contribution in [3.05, 3.63) is 42.1 Å². The summed E-state index contributed by atoms with van der Waals surface area (Å²) in [4.78, 5) is 23.3. The van der Waals surface area contributed by atoms with Crippen molar-refractivity contribution >= 4 is 12.4 Å². The molecule has 0 fully saturated rings. The second-order valence-corrected chi connectivity index (χ2v) is 6.20. The number of hydrogen-bond acceptors (Lipinski definition) is 4. The average molecular weight is 315 g/mol. The molecule has 1 amide bonds. The Morgan fingerprint density at radius 1 is 1.30 bits per heavy atom. The van der Waals surface area contributed by atoms with E-state index in [0.29, 0.717) is 12.0 Å². The molecule has 0 radical (unpaired) electrons. The van der Waals surface area contributed by atoms with Crippen molar-refractivity contribution in [1.82, 2.24) is 15.1 Å². The molecule has 0 bridgehead atoms. The van der Waals surface area contributed by atoms with Gasteiger partial charge < -0.3 is 14.8 Å². The zero-order valence-electron chi connectivity index (χ0n) is 13.7. The number of carbonyl (C=O) groups excluding carboxylic acids is 2. The van der Waals surface area contributed by atoms with Crippen LogP contribution in [0.3, 0.4) is 0 Å². The summed E-state index contributed by atoms with van der Waals surface area (Å²) in [5, 5.41) is 6.95. The number of hydrogen-bond donors (Lipinski definition) is 1. The Hall–Kier alpha value is -2.63. The number of benzene rings is 1. The van der Waals surface area contributed by atoms with Crippen LogP contribution in [0.25, 0.3) is 11.3 Å². The molecular formula is C17H21N3O3. The Morgan fingerprint density at radius 3 is 2.52 bits per heavy atom. The van der Waals surface area contributed by atoms with Crippen LogP contribution in [-0.2, 0) is 16.6 Å². The van der Waals surface area contributed by atoms with Crippen LogP contribution in [0, 0.1) is 0 Å². The van der Waals surface area contributed by atoms with Crippen LogP contribution < -0.4 is 5.32 Å². The fraction of sp³-hybridized carbons (Fsp3) is 0.353. The van der Waals surface area contributed by atoms with Crippen LogP contribution in [-0.4, -0.2) is 27.8 Å². The molecule has 0 spiro atoms. The molecule has 2 aromatic rings. The normalized spacial score (nSPS) is 12.5. The van der Waals surface area contributed by atoms with Crippen LogP contribution >= 0.6 is 0 Å². The molecular weight excluding hydrogens is 294 g/mol. The van der Waals surface area contributed by atoms with E-state index in [-0.39, 0.29) is 0 Å². The number of rotatable bonds is 4. The van der Waals surface area contributed by atoms with Gasteiger partial charge in [0.2, 0.25) is 0 Å².